The average Bonchev–Trinajstić information content (AvgIpc) is 3.33. The van der Waals surface area contributed by atoms with Gasteiger partial charge in [-0.2, -0.15) is 0 Å². The quantitative estimate of drug-likeness (QED) is 0.248. The molecule has 6 rings (SSSR count). The number of thiazole rings is 1. The van der Waals surface area contributed by atoms with Gasteiger partial charge < -0.3 is 9.73 Å². The van der Waals surface area contributed by atoms with Crippen molar-refractivity contribution in [3.8, 4) is 21.7 Å². The number of nitrogens with zero attached hydrogens (tertiary/aromatic N) is 1. The number of nitrogens with one attached hydrogen (secondary N) is 1. The second kappa shape index (κ2) is 9.07. The first-order valence-corrected chi connectivity index (χ1v) is 12.3. The molecule has 36 heavy (non-hydrogen) atoms. The van der Waals surface area contributed by atoms with Gasteiger partial charge in [0.2, 0.25) is 0 Å². The molecule has 0 fully saturated rings. The highest BCUT2D eigenvalue weighted by atomic mass is 35.5. The van der Waals surface area contributed by atoms with Crippen molar-refractivity contribution in [2.24, 2.45) is 0 Å². The maximum absolute atomic E-state index is 13.1. The van der Waals surface area contributed by atoms with Crippen LogP contribution in [0.4, 0.5) is 5.69 Å². The van der Waals surface area contributed by atoms with Gasteiger partial charge in [-0.3, -0.25) is 4.79 Å². The molecule has 1 amide bonds. The van der Waals surface area contributed by atoms with Crippen LogP contribution in [0, 0.1) is 0 Å². The summed E-state index contributed by atoms with van der Waals surface area (Å²) in [5.41, 5.74) is 3.72. The van der Waals surface area contributed by atoms with E-state index in [0.29, 0.717) is 33.0 Å². The number of rotatable bonds is 4. The molecule has 7 heteroatoms. The van der Waals surface area contributed by atoms with Crippen molar-refractivity contribution >= 4 is 55.7 Å². The molecule has 2 aromatic heterocycles. The molecule has 0 saturated carbocycles. The minimum atomic E-state index is -0.454. The van der Waals surface area contributed by atoms with Gasteiger partial charge in [0.05, 0.1) is 20.8 Å². The van der Waals surface area contributed by atoms with Crippen molar-refractivity contribution in [2.75, 3.05) is 5.32 Å². The Morgan fingerprint density at radius 2 is 1.69 bits per heavy atom. The maximum atomic E-state index is 13.1. The summed E-state index contributed by atoms with van der Waals surface area (Å²) in [6, 6.07) is 29.2. The molecule has 0 aliphatic carbocycles. The van der Waals surface area contributed by atoms with Gasteiger partial charge in [-0.25, -0.2) is 9.78 Å². The lowest BCUT2D eigenvalue weighted by Crippen LogP contribution is -2.12. The van der Waals surface area contributed by atoms with Crippen LogP contribution in [0.1, 0.15) is 10.4 Å². The van der Waals surface area contributed by atoms with Crippen LogP contribution in [-0.4, -0.2) is 10.9 Å². The number of aromatic nitrogens is 1. The summed E-state index contributed by atoms with van der Waals surface area (Å²) >= 11 is 8.02. The highest BCUT2D eigenvalue weighted by molar-refractivity contribution is 7.21. The monoisotopic (exact) mass is 508 g/mol. The third-order valence-corrected chi connectivity index (χ3v) is 7.22. The standard InChI is InChI=1S/C29H17ClN2O3S/c30-23-13-12-20(16-22(23)28-32-24-9-2-4-11-26(24)36-28)31-27(33)19-8-5-7-17(14-19)21-15-18-6-1-3-10-25(18)35-29(21)34/h1-16H,(H,31,33). The molecular formula is C29H17ClN2O3S. The first-order chi connectivity index (χ1) is 17.5. The number of hydrogen-bond donors (Lipinski definition) is 1. The summed E-state index contributed by atoms with van der Waals surface area (Å²) < 4.78 is 6.52. The van der Waals surface area contributed by atoms with E-state index >= 15 is 0 Å². The molecular weight excluding hydrogens is 492 g/mol. The SMILES string of the molecule is O=C(Nc1ccc(Cl)c(-c2nc3ccccc3s2)c1)c1cccc(-c2cc3ccccc3oc2=O)c1. The topological polar surface area (TPSA) is 72.2 Å². The Morgan fingerprint density at radius 3 is 2.58 bits per heavy atom. The summed E-state index contributed by atoms with van der Waals surface area (Å²) in [4.78, 5) is 30.4. The summed E-state index contributed by atoms with van der Waals surface area (Å²) in [6.07, 6.45) is 0. The molecule has 0 aliphatic heterocycles. The molecule has 0 aliphatic rings. The van der Waals surface area contributed by atoms with Crippen LogP contribution in [0.2, 0.25) is 5.02 Å². The smallest absolute Gasteiger partial charge is 0.344 e. The van der Waals surface area contributed by atoms with Crippen LogP contribution in [0.25, 0.3) is 42.9 Å². The van der Waals surface area contributed by atoms with Crippen molar-refractivity contribution in [1.29, 1.82) is 0 Å². The van der Waals surface area contributed by atoms with Crippen molar-refractivity contribution in [2.45, 2.75) is 0 Å². The number of hydrogen-bond acceptors (Lipinski definition) is 5. The fourth-order valence-corrected chi connectivity index (χ4v) is 5.31. The highest BCUT2D eigenvalue weighted by Crippen LogP contribution is 2.36. The van der Waals surface area contributed by atoms with E-state index in [0.717, 1.165) is 26.2 Å². The van der Waals surface area contributed by atoms with Crippen molar-refractivity contribution in [3.63, 3.8) is 0 Å². The molecule has 174 valence electrons. The number of benzene rings is 4. The van der Waals surface area contributed by atoms with Crippen molar-refractivity contribution < 1.29 is 9.21 Å². The normalized spacial score (nSPS) is 11.1. The minimum Gasteiger partial charge on any atom is -0.422 e. The number of fused-ring (bicyclic) bond motifs is 2. The van der Waals surface area contributed by atoms with Gasteiger partial charge in [0.25, 0.3) is 5.91 Å². The zero-order chi connectivity index (χ0) is 24.6. The van der Waals surface area contributed by atoms with Gasteiger partial charge in [0, 0.05) is 22.2 Å². The molecule has 0 unspecified atom stereocenters. The Morgan fingerprint density at radius 1 is 0.861 bits per heavy atom. The van der Waals surface area contributed by atoms with Crippen LogP contribution < -0.4 is 10.9 Å². The van der Waals surface area contributed by atoms with Crippen LogP contribution in [0.3, 0.4) is 0 Å². The molecule has 5 nitrogen and oxygen atoms in total. The molecule has 0 spiro atoms. The third-order valence-electron chi connectivity index (χ3n) is 5.83. The minimum absolute atomic E-state index is 0.306. The number of halogens is 1. The predicted octanol–water partition coefficient (Wildman–Crippen LogP) is 7.64. The van der Waals surface area contributed by atoms with Gasteiger partial charge in [-0.15, -0.1) is 11.3 Å². The second-order valence-corrected chi connectivity index (χ2v) is 9.64. The number of amides is 1. The number of anilines is 1. The van der Waals surface area contributed by atoms with E-state index in [1.807, 2.05) is 48.5 Å². The summed E-state index contributed by atoms with van der Waals surface area (Å²) in [7, 11) is 0. The zero-order valence-electron chi connectivity index (χ0n) is 18.7. The average molecular weight is 509 g/mol. The van der Waals surface area contributed by atoms with Gasteiger partial charge >= 0.3 is 5.63 Å². The number of carbonyl (C=O) groups is 1. The van der Waals surface area contributed by atoms with E-state index < -0.39 is 5.63 Å². The second-order valence-electron chi connectivity index (χ2n) is 8.20. The van der Waals surface area contributed by atoms with E-state index in [1.165, 1.54) is 0 Å². The number of para-hydroxylation sites is 2. The van der Waals surface area contributed by atoms with Crippen LogP contribution in [0.5, 0.6) is 0 Å². The molecule has 6 aromatic rings. The molecule has 0 atom stereocenters. The lowest BCUT2D eigenvalue weighted by atomic mass is 10.0. The zero-order valence-corrected chi connectivity index (χ0v) is 20.3. The van der Waals surface area contributed by atoms with E-state index in [-0.39, 0.29) is 5.91 Å². The van der Waals surface area contributed by atoms with E-state index in [2.05, 4.69) is 10.3 Å². The molecule has 4 aromatic carbocycles. The first-order valence-electron chi connectivity index (χ1n) is 11.2. The fraction of sp³-hybridized carbons (Fsp3) is 0. The van der Waals surface area contributed by atoms with Gasteiger partial charge in [-0.05, 0) is 60.2 Å². The molecule has 0 bridgehead atoms. The van der Waals surface area contributed by atoms with E-state index in [1.54, 1.807) is 59.9 Å². The summed E-state index contributed by atoms with van der Waals surface area (Å²) in [5.74, 6) is -0.306. The summed E-state index contributed by atoms with van der Waals surface area (Å²) in [6.45, 7) is 0. The van der Waals surface area contributed by atoms with Gasteiger partial charge in [0.15, 0.2) is 0 Å². The Balaban J connectivity index is 1.30. The molecule has 2 heterocycles. The Kier molecular flexibility index (Phi) is 5.60. The maximum Gasteiger partial charge on any atom is 0.344 e. The first kappa shape index (κ1) is 22.2. The lowest BCUT2D eigenvalue weighted by Gasteiger charge is -2.09. The Hall–Kier alpha value is -4.26. The third kappa shape index (κ3) is 4.17. The summed E-state index contributed by atoms with van der Waals surface area (Å²) in [5, 5.41) is 5.07. The van der Waals surface area contributed by atoms with E-state index in [9.17, 15) is 9.59 Å². The molecule has 1 N–H and O–H groups in total. The Bertz CT molecular complexity index is 1810. The van der Waals surface area contributed by atoms with Crippen LogP contribution in [-0.2, 0) is 0 Å². The van der Waals surface area contributed by atoms with Crippen molar-refractivity contribution in [1.82, 2.24) is 4.98 Å². The van der Waals surface area contributed by atoms with Gasteiger partial charge in [-0.1, -0.05) is 54.1 Å². The van der Waals surface area contributed by atoms with Crippen LogP contribution in [0.15, 0.2) is 106 Å². The highest BCUT2D eigenvalue weighted by Gasteiger charge is 2.14. The fourth-order valence-electron chi connectivity index (χ4n) is 4.05. The van der Waals surface area contributed by atoms with Gasteiger partial charge in [0.1, 0.15) is 10.6 Å². The Labute approximate surface area is 214 Å². The number of carbonyl (C=O) groups excluding carboxylic acids is 1. The lowest BCUT2D eigenvalue weighted by molar-refractivity contribution is 0.102. The van der Waals surface area contributed by atoms with E-state index in [4.69, 9.17) is 16.0 Å². The largest absolute Gasteiger partial charge is 0.422 e. The molecule has 0 radical (unpaired) electrons. The predicted molar refractivity (Wildman–Crippen MR) is 146 cm³/mol. The van der Waals surface area contributed by atoms with Crippen molar-refractivity contribution in [3.05, 3.63) is 118 Å². The van der Waals surface area contributed by atoms with Crippen LogP contribution >= 0.6 is 22.9 Å². The molecule has 0 saturated heterocycles.